The van der Waals surface area contributed by atoms with E-state index in [-0.39, 0.29) is 5.41 Å². The van der Waals surface area contributed by atoms with Gasteiger partial charge in [0.05, 0.1) is 0 Å². The Morgan fingerprint density at radius 2 is 1.27 bits per heavy atom. The Morgan fingerprint density at radius 3 is 2.05 bits per heavy atom. The average Bonchev–Trinajstić information content (AvgIpc) is 3.42. The molecule has 0 unspecified atom stereocenters. The van der Waals surface area contributed by atoms with E-state index in [0.717, 1.165) is 28.2 Å². The fourth-order valence-corrected chi connectivity index (χ4v) is 5.82. The predicted molar refractivity (Wildman–Crippen MR) is 168 cm³/mol. The van der Waals surface area contributed by atoms with E-state index in [9.17, 15) is 0 Å². The molecular weight excluding hydrogens is 486 g/mol. The monoisotopic (exact) mass is 520 g/mol. The van der Waals surface area contributed by atoms with Crippen molar-refractivity contribution >= 4 is 22.8 Å². The number of hydrogen-bond acceptors (Lipinski definition) is 1. The van der Waals surface area contributed by atoms with Crippen LogP contribution in [0.1, 0.15) is 25.2 Å². The molecule has 2 heterocycles. The number of aromatic nitrogens is 2. The van der Waals surface area contributed by atoms with Gasteiger partial charge < -0.3 is 4.90 Å². The van der Waals surface area contributed by atoms with Gasteiger partial charge in [0, 0.05) is 29.9 Å². The van der Waals surface area contributed by atoms with Gasteiger partial charge >= 0.3 is 0 Å². The van der Waals surface area contributed by atoms with Crippen LogP contribution in [0.25, 0.3) is 28.5 Å². The van der Waals surface area contributed by atoms with Gasteiger partial charge in [0.2, 0.25) is 0 Å². The molecule has 0 radical (unpaired) electrons. The first kappa shape index (κ1) is 25.4. The molecule has 0 fully saturated rings. The fraction of sp³-hybridized carbons (Fsp3) is 0.108. The summed E-state index contributed by atoms with van der Waals surface area (Å²) in [6, 6.07) is 38.3. The number of imidazole rings is 1. The van der Waals surface area contributed by atoms with Crippen LogP contribution in [0, 0.1) is 0 Å². The highest BCUT2D eigenvalue weighted by Crippen LogP contribution is 2.46. The number of hydrogen-bond donors (Lipinski definition) is 0. The lowest BCUT2D eigenvalue weighted by Crippen LogP contribution is -2.33. The minimum atomic E-state index is -0.0186. The van der Waals surface area contributed by atoms with E-state index in [0.29, 0.717) is 0 Å². The second kappa shape index (κ2) is 10.7. The normalized spacial score (nSPS) is 15.8. The molecule has 196 valence electrons. The smallest absolute Gasteiger partial charge is 0.292 e. The van der Waals surface area contributed by atoms with Crippen LogP contribution in [0.15, 0.2) is 151 Å². The van der Waals surface area contributed by atoms with Gasteiger partial charge in [0.25, 0.3) is 5.82 Å². The minimum Gasteiger partial charge on any atom is -0.347 e. The van der Waals surface area contributed by atoms with E-state index in [2.05, 4.69) is 187 Å². The molecule has 0 aliphatic carbocycles. The zero-order valence-electron chi connectivity index (χ0n) is 23.3. The van der Waals surface area contributed by atoms with E-state index in [1.807, 2.05) is 0 Å². The molecule has 0 N–H and O–H groups in total. The van der Waals surface area contributed by atoms with Crippen LogP contribution in [0.3, 0.4) is 0 Å². The molecule has 4 aromatic carbocycles. The molecule has 3 nitrogen and oxygen atoms in total. The van der Waals surface area contributed by atoms with Crippen molar-refractivity contribution in [2.75, 3.05) is 11.9 Å². The van der Waals surface area contributed by atoms with Crippen LogP contribution >= 0.6 is 0 Å². The number of para-hydroxylation sites is 5. The molecule has 0 atom stereocenters. The lowest BCUT2D eigenvalue weighted by Gasteiger charge is -2.23. The average molecular weight is 521 g/mol. The SMILES string of the molecule is CN1/C(=C/C=C/C=C/C=C/c2n(-c3ccccc3)c3ccccc3[n+]2-c2ccccc2)C(C)(C)c2ccccc21. The Labute approximate surface area is 237 Å². The molecule has 6 rings (SSSR count). The molecule has 1 aliphatic rings. The second-order valence-electron chi connectivity index (χ2n) is 10.6. The highest BCUT2D eigenvalue weighted by Gasteiger charge is 2.37. The zero-order chi connectivity index (χ0) is 27.5. The molecule has 1 aliphatic heterocycles. The predicted octanol–water partition coefficient (Wildman–Crippen LogP) is 8.34. The zero-order valence-corrected chi connectivity index (χ0v) is 23.3. The van der Waals surface area contributed by atoms with Gasteiger partial charge in [-0.2, -0.15) is 9.13 Å². The number of likely N-dealkylation sites (N-methyl/N-ethyl adjacent to an activating group) is 1. The van der Waals surface area contributed by atoms with Crippen molar-refractivity contribution in [1.29, 1.82) is 0 Å². The van der Waals surface area contributed by atoms with Crippen molar-refractivity contribution in [1.82, 2.24) is 4.57 Å². The second-order valence-corrected chi connectivity index (χ2v) is 10.6. The molecule has 1 aromatic heterocycles. The first-order valence-corrected chi connectivity index (χ1v) is 13.8. The first-order chi connectivity index (χ1) is 19.6. The van der Waals surface area contributed by atoms with E-state index in [4.69, 9.17) is 0 Å². The third-order valence-electron chi connectivity index (χ3n) is 7.73. The summed E-state index contributed by atoms with van der Waals surface area (Å²) < 4.78 is 4.64. The van der Waals surface area contributed by atoms with Gasteiger partial charge in [-0.3, -0.25) is 0 Å². The lowest BCUT2D eigenvalue weighted by atomic mass is 9.84. The topological polar surface area (TPSA) is 12.1 Å². The maximum Gasteiger partial charge on any atom is 0.292 e. The summed E-state index contributed by atoms with van der Waals surface area (Å²) in [5, 5.41) is 0. The summed E-state index contributed by atoms with van der Waals surface area (Å²) >= 11 is 0. The number of rotatable bonds is 6. The van der Waals surface area contributed by atoms with Gasteiger partial charge in [-0.25, -0.2) is 0 Å². The van der Waals surface area contributed by atoms with Gasteiger partial charge in [-0.1, -0.05) is 111 Å². The van der Waals surface area contributed by atoms with Crippen LogP contribution in [-0.2, 0) is 5.41 Å². The Hall–Kier alpha value is -4.89. The molecular formula is C37H34N3+. The molecule has 0 amide bonds. The van der Waals surface area contributed by atoms with E-state index < -0.39 is 0 Å². The van der Waals surface area contributed by atoms with Crippen molar-refractivity contribution in [3.63, 3.8) is 0 Å². The summed E-state index contributed by atoms with van der Waals surface area (Å²) in [6.07, 6.45) is 14.9. The van der Waals surface area contributed by atoms with Crippen molar-refractivity contribution in [2.24, 2.45) is 0 Å². The Kier molecular flexibility index (Phi) is 6.79. The largest absolute Gasteiger partial charge is 0.347 e. The van der Waals surface area contributed by atoms with Crippen molar-refractivity contribution in [2.45, 2.75) is 19.3 Å². The van der Waals surface area contributed by atoms with Crippen LogP contribution < -0.4 is 9.47 Å². The van der Waals surface area contributed by atoms with Crippen molar-refractivity contribution in [3.8, 4) is 11.4 Å². The van der Waals surface area contributed by atoms with Crippen molar-refractivity contribution < 1.29 is 4.57 Å². The van der Waals surface area contributed by atoms with Gasteiger partial charge in [0.15, 0.2) is 11.0 Å². The first-order valence-electron chi connectivity index (χ1n) is 13.8. The molecule has 5 aromatic rings. The van der Waals surface area contributed by atoms with Crippen LogP contribution in [0.4, 0.5) is 5.69 Å². The molecule has 0 spiro atoms. The molecule has 0 bridgehead atoms. The number of anilines is 1. The number of nitrogens with zero attached hydrogens (tertiary/aromatic N) is 3. The minimum absolute atomic E-state index is 0.0186. The Balaban J connectivity index is 1.33. The van der Waals surface area contributed by atoms with Crippen LogP contribution in [0.2, 0.25) is 0 Å². The van der Waals surface area contributed by atoms with Gasteiger partial charge in [-0.05, 0) is 54.1 Å². The molecule has 3 heteroatoms. The van der Waals surface area contributed by atoms with Crippen LogP contribution in [-0.4, -0.2) is 11.6 Å². The van der Waals surface area contributed by atoms with Gasteiger partial charge in [0.1, 0.15) is 11.4 Å². The van der Waals surface area contributed by atoms with E-state index in [1.165, 1.54) is 16.9 Å². The Morgan fingerprint density at radius 1 is 0.650 bits per heavy atom. The molecule has 40 heavy (non-hydrogen) atoms. The third kappa shape index (κ3) is 4.50. The molecule has 0 saturated carbocycles. The quantitative estimate of drug-likeness (QED) is 0.162. The lowest BCUT2D eigenvalue weighted by molar-refractivity contribution is -0.570. The highest BCUT2D eigenvalue weighted by atomic mass is 15.2. The van der Waals surface area contributed by atoms with Gasteiger partial charge in [-0.15, -0.1) is 0 Å². The summed E-state index contributed by atoms with van der Waals surface area (Å²) in [5.41, 5.74) is 8.52. The van der Waals surface area contributed by atoms with E-state index in [1.54, 1.807) is 0 Å². The number of allylic oxidation sites excluding steroid dienone is 7. The number of fused-ring (bicyclic) bond motifs is 2. The summed E-state index contributed by atoms with van der Waals surface area (Å²) in [7, 11) is 2.15. The molecule has 0 saturated heterocycles. The van der Waals surface area contributed by atoms with Crippen molar-refractivity contribution in [3.05, 3.63) is 163 Å². The van der Waals surface area contributed by atoms with Crippen LogP contribution in [0.5, 0.6) is 0 Å². The maximum absolute atomic E-state index is 2.32. The fourth-order valence-electron chi connectivity index (χ4n) is 5.82. The number of benzene rings is 4. The summed E-state index contributed by atoms with van der Waals surface area (Å²) in [6.45, 7) is 4.59. The Bertz CT molecular complexity index is 1690. The summed E-state index contributed by atoms with van der Waals surface area (Å²) in [5.74, 6) is 1.08. The summed E-state index contributed by atoms with van der Waals surface area (Å²) in [4.78, 5) is 2.30. The highest BCUT2D eigenvalue weighted by molar-refractivity contribution is 5.77. The standard InChI is InChI=1S/C37H34N3/c1-37(2)31-23-15-16-24-32(31)38(3)35(37)27-13-5-4-6-14-28-36-39(29-19-9-7-10-20-29)33-25-17-18-26-34(33)40(36)30-21-11-8-12-22-30/h4-28H,1-3H3/q+1. The third-order valence-corrected chi connectivity index (χ3v) is 7.73. The van der Waals surface area contributed by atoms with E-state index >= 15 is 0 Å². The maximum atomic E-state index is 2.32.